The van der Waals surface area contributed by atoms with E-state index < -0.39 is 17.6 Å². The van der Waals surface area contributed by atoms with Crippen molar-refractivity contribution >= 4 is 17.5 Å². The molecule has 2 atom stereocenters. The highest BCUT2D eigenvalue weighted by molar-refractivity contribution is 6.02. The lowest BCUT2D eigenvalue weighted by atomic mass is 9.98. The second-order valence-electron chi connectivity index (χ2n) is 7.36. The van der Waals surface area contributed by atoms with E-state index in [9.17, 15) is 9.59 Å². The molecule has 2 amide bonds. The van der Waals surface area contributed by atoms with Crippen molar-refractivity contribution < 1.29 is 23.8 Å². The van der Waals surface area contributed by atoms with Crippen LogP contribution in [0.25, 0.3) is 0 Å². The molecule has 1 aromatic heterocycles. The predicted molar refractivity (Wildman–Crippen MR) is 101 cm³/mol. The minimum Gasteiger partial charge on any atom is -0.489 e. The summed E-state index contributed by atoms with van der Waals surface area (Å²) in [6.07, 6.45) is 2.30. The maximum absolute atomic E-state index is 12.8. The van der Waals surface area contributed by atoms with Crippen LogP contribution in [0.5, 0.6) is 5.75 Å². The number of benzene rings is 1. The number of anilines is 1. The Morgan fingerprint density at radius 3 is 3.03 bits per heavy atom. The summed E-state index contributed by atoms with van der Waals surface area (Å²) in [7, 11) is 1.65. The lowest BCUT2D eigenvalue weighted by Crippen LogP contribution is -2.49. The Morgan fingerprint density at radius 2 is 2.21 bits per heavy atom. The highest BCUT2D eigenvalue weighted by atomic mass is 16.6. The average molecular weight is 396 g/mol. The summed E-state index contributed by atoms with van der Waals surface area (Å²) in [5.74, 6) is -0.213. The van der Waals surface area contributed by atoms with E-state index in [1.165, 1.54) is 4.90 Å². The van der Waals surface area contributed by atoms with Crippen LogP contribution in [0.2, 0.25) is 0 Å². The van der Waals surface area contributed by atoms with Crippen LogP contribution in [0.15, 0.2) is 30.5 Å². The van der Waals surface area contributed by atoms with Crippen LogP contribution >= 0.6 is 0 Å². The van der Waals surface area contributed by atoms with E-state index in [1.807, 2.05) is 12.1 Å². The van der Waals surface area contributed by atoms with Gasteiger partial charge in [-0.2, -0.15) is 0 Å². The van der Waals surface area contributed by atoms with Crippen molar-refractivity contribution in [2.24, 2.45) is 0 Å². The Hall–Kier alpha value is -3.04. The van der Waals surface area contributed by atoms with Crippen molar-refractivity contribution in [2.45, 2.75) is 24.7 Å². The van der Waals surface area contributed by atoms with Gasteiger partial charge in [0.1, 0.15) is 24.0 Å². The quantitative estimate of drug-likeness (QED) is 0.800. The van der Waals surface area contributed by atoms with Crippen molar-refractivity contribution in [2.75, 3.05) is 31.8 Å². The zero-order valence-corrected chi connectivity index (χ0v) is 15.9. The molecule has 0 bridgehead atoms. The van der Waals surface area contributed by atoms with E-state index >= 15 is 0 Å². The number of fused-ring (bicyclic) bond motifs is 3. The van der Waals surface area contributed by atoms with E-state index in [4.69, 9.17) is 14.2 Å². The molecule has 3 aliphatic rings. The first-order valence-corrected chi connectivity index (χ1v) is 9.46. The lowest BCUT2D eigenvalue weighted by molar-refractivity contribution is -0.120. The third kappa shape index (κ3) is 2.93. The molecule has 9 heteroatoms. The van der Waals surface area contributed by atoms with Crippen molar-refractivity contribution in [1.82, 2.24) is 15.3 Å². The number of carbonyl (C=O) groups is 2. The molecular weight excluding hydrogens is 376 g/mol. The van der Waals surface area contributed by atoms with Crippen LogP contribution in [0, 0.1) is 0 Å². The summed E-state index contributed by atoms with van der Waals surface area (Å²) in [5, 5.41) is 2.71. The minimum atomic E-state index is -0.850. The van der Waals surface area contributed by atoms with Crippen LogP contribution in [-0.4, -0.2) is 54.7 Å². The van der Waals surface area contributed by atoms with E-state index in [0.29, 0.717) is 43.4 Å². The summed E-state index contributed by atoms with van der Waals surface area (Å²) in [6, 6.07) is 6.39. The van der Waals surface area contributed by atoms with Gasteiger partial charge in [-0.05, 0) is 12.1 Å². The molecule has 3 aliphatic heterocycles. The van der Waals surface area contributed by atoms with Gasteiger partial charge in [-0.3, -0.25) is 9.59 Å². The number of amides is 2. The number of para-hydroxylation sites is 2. The summed E-state index contributed by atoms with van der Waals surface area (Å²) < 4.78 is 17.1. The van der Waals surface area contributed by atoms with Crippen molar-refractivity contribution in [1.29, 1.82) is 0 Å². The molecular formula is C20H20N4O5. The van der Waals surface area contributed by atoms with Crippen LogP contribution < -0.4 is 15.0 Å². The number of hydrogen-bond acceptors (Lipinski definition) is 7. The largest absolute Gasteiger partial charge is 0.489 e. The molecule has 1 N–H and O–H groups in total. The Morgan fingerprint density at radius 1 is 1.34 bits per heavy atom. The zero-order valence-electron chi connectivity index (χ0n) is 15.9. The van der Waals surface area contributed by atoms with Gasteiger partial charge in [0.05, 0.1) is 24.6 Å². The third-order valence-electron chi connectivity index (χ3n) is 5.55. The first kappa shape index (κ1) is 18.0. The standard InChI is InChI=1S/C20H20N4O5/c1-24-14-4-2-3-5-15(14)28-10-13(19(24)26)22-18(25)17-21-8-12-9-29-20(16(12)23-17)6-7-27-11-20/h2-5,8,13H,6-7,9-11H2,1H3,(H,22,25)/t13-,20?/m0/s1. The third-order valence-corrected chi connectivity index (χ3v) is 5.55. The van der Waals surface area contributed by atoms with Gasteiger partial charge in [0.25, 0.3) is 11.8 Å². The fourth-order valence-electron chi connectivity index (χ4n) is 3.93. The molecule has 1 unspecified atom stereocenters. The molecule has 1 fully saturated rings. The fourth-order valence-corrected chi connectivity index (χ4v) is 3.93. The molecule has 5 rings (SSSR count). The number of hydrogen-bond donors (Lipinski definition) is 1. The van der Waals surface area contributed by atoms with E-state index in [2.05, 4.69) is 15.3 Å². The molecule has 1 spiro atoms. The van der Waals surface area contributed by atoms with Gasteiger partial charge >= 0.3 is 0 Å². The topological polar surface area (TPSA) is 103 Å². The van der Waals surface area contributed by atoms with Crippen molar-refractivity contribution in [3.63, 3.8) is 0 Å². The van der Waals surface area contributed by atoms with Gasteiger partial charge < -0.3 is 24.4 Å². The Kier molecular flexibility index (Phi) is 4.21. The van der Waals surface area contributed by atoms with Crippen LogP contribution in [0.3, 0.4) is 0 Å². The predicted octanol–water partition coefficient (Wildman–Crippen LogP) is 0.776. The SMILES string of the molecule is CN1C(=O)[C@@H](NC(=O)c2ncc3c(n2)C2(CCOC2)OC3)COc2ccccc21. The van der Waals surface area contributed by atoms with Gasteiger partial charge in [-0.25, -0.2) is 9.97 Å². The van der Waals surface area contributed by atoms with E-state index in [1.54, 1.807) is 25.4 Å². The maximum Gasteiger partial charge on any atom is 0.289 e. The summed E-state index contributed by atoms with van der Waals surface area (Å²) in [4.78, 5) is 35.8. The highest BCUT2D eigenvalue weighted by Crippen LogP contribution is 2.41. The molecule has 150 valence electrons. The number of aromatic nitrogens is 2. The molecule has 0 radical (unpaired) electrons. The van der Waals surface area contributed by atoms with Gasteiger partial charge in [0.15, 0.2) is 0 Å². The number of ether oxygens (including phenoxy) is 3. The summed E-state index contributed by atoms with van der Waals surface area (Å²) in [6.45, 7) is 1.43. The summed E-state index contributed by atoms with van der Waals surface area (Å²) in [5.41, 5.74) is 1.61. The second-order valence-corrected chi connectivity index (χ2v) is 7.36. The molecule has 0 aliphatic carbocycles. The normalized spacial score (nSPS) is 25.3. The highest BCUT2D eigenvalue weighted by Gasteiger charge is 2.45. The number of nitrogens with one attached hydrogen (secondary N) is 1. The Bertz CT molecular complexity index is 989. The van der Waals surface area contributed by atoms with Crippen LogP contribution in [-0.2, 0) is 26.5 Å². The van der Waals surface area contributed by atoms with Gasteiger partial charge in [-0.15, -0.1) is 0 Å². The molecule has 1 saturated heterocycles. The molecule has 2 aromatic rings. The molecule has 29 heavy (non-hydrogen) atoms. The van der Waals surface area contributed by atoms with Crippen molar-refractivity contribution in [3.05, 3.63) is 47.5 Å². The Labute approximate surface area is 167 Å². The molecule has 9 nitrogen and oxygen atoms in total. The average Bonchev–Trinajstić information content (AvgIpc) is 3.35. The first-order valence-electron chi connectivity index (χ1n) is 9.46. The monoisotopic (exact) mass is 396 g/mol. The van der Waals surface area contributed by atoms with Gasteiger partial charge in [-0.1, -0.05) is 12.1 Å². The Balaban J connectivity index is 1.37. The van der Waals surface area contributed by atoms with E-state index in [-0.39, 0.29) is 18.3 Å². The molecule has 1 aromatic carbocycles. The van der Waals surface area contributed by atoms with Gasteiger partial charge in [0.2, 0.25) is 5.82 Å². The summed E-state index contributed by atoms with van der Waals surface area (Å²) >= 11 is 0. The molecule has 0 saturated carbocycles. The van der Waals surface area contributed by atoms with Crippen LogP contribution in [0.4, 0.5) is 5.69 Å². The molecule has 4 heterocycles. The van der Waals surface area contributed by atoms with Crippen molar-refractivity contribution in [3.8, 4) is 5.75 Å². The first-order chi connectivity index (χ1) is 14.1. The van der Waals surface area contributed by atoms with Crippen LogP contribution in [0.1, 0.15) is 28.3 Å². The fraction of sp³-hybridized carbons (Fsp3) is 0.400. The number of carbonyl (C=O) groups excluding carboxylic acids is 2. The second kappa shape index (κ2) is 6.78. The minimum absolute atomic E-state index is 0.00209. The maximum atomic E-state index is 12.8. The van der Waals surface area contributed by atoms with E-state index in [0.717, 1.165) is 5.56 Å². The number of rotatable bonds is 2. The number of nitrogens with zero attached hydrogens (tertiary/aromatic N) is 3. The smallest absolute Gasteiger partial charge is 0.289 e. The number of likely N-dealkylation sites (N-methyl/N-ethyl adjacent to an activating group) is 1. The lowest BCUT2D eigenvalue weighted by Gasteiger charge is -2.21. The van der Waals surface area contributed by atoms with Gasteiger partial charge in [0, 0.05) is 31.8 Å². The zero-order chi connectivity index (χ0) is 20.0.